The van der Waals surface area contributed by atoms with Crippen LogP contribution in [-0.4, -0.2) is 23.2 Å². The molecule has 1 unspecified atom stereocenters. The molecule has 2 heterocycles. The topological polar surface area (TPSA) is 123 Å². The first-order valence-corrected chi connectivity index (χ1v) is 10.5. The van der Waals surface area contributed by atoms with E-state index < -0.39 is 17.8 Å². The number of benzene rings is 1. The average molecular weight is 445 g/mol. The van der Waals surface area contributed by atoms with Crippen LogP contribution in [0.5, 0.6) is 0 Å². The summed E-state index contributed by atoms with van der Waals surface area (Å²) in [4.78, 5) is 41.4. The molecule has 1 aromatic carbocycles. The minimum atomic E-state index is -0.691. The predicted octanol–water partition coefficient (Wildman–Crippen LogP) is 4.08. The fourth-order valence-electron chi connectivity index (χ4n) is 2.80. The molecule has 0 fully saturated rings. The van der Waals surface area contributed by atoms with Crippen LogP contribution in [0.15, 0.2) is 39.5 Å². The van der Waals surface area contributed by atoms with Crippen LogP contribution in [0.1, 0.15) is 43.8 Å². The number of hydrogen-bond acceptors (Lipinski definition) is 7. The SMILES string of the molecule is Cc1c(NC(=O)NC(C)C)sc2nc(C(C)NC(=O)OCc3ccccc3)oc(=O)c12. The number of hydrogen-bond donors (Lipinski definition) is 3. The fourth-order valence-corrected chi connectivity index (χ4v) is 3.86. The van der Waals surface area contributed by atoms with Gasteiger partial charge in [0.05, 0.1) is 0 Å². The third-order valence-corrected chi connectivity index (χ3v) is 5.41. The van der Waals surface area contributed by atoms with Crippen molar-refractivity contribution in [2.75, 3.05) is 5.32 Å². The quantitative estimate of drug-likeness (QED) is 0.527. The highest BCUT2D eigenvalue weighted by Crippen LogP contribution is 2.32. The number of aromatic nitrogens is 1. The molecule has 0 radical (unpaired) electrons. The summed E-state index contributed by atoms with van der Waals surface area (Å²) in [5.41, 5.74) is 0.846. The number of alkyl carbamates (subject to hydrolysis) is 1. The van der Waals surface area contributed by atoms with Crippen molar-refractivity contribution in [3.8, 4) is 0 Å². The number of rotatable bonds is 6. The van der Waals surface area contributed by atoms with Gasteiger partial charge in [0.2, 0.25) is 5.89 Å². The number of aryl methyl sites for hydroxylation is 1. The summed E-state index contributed by atoms with van der Waals surface area (Å²) in [6.07, 6.45) is -0.657. The molecule has 0 saturated heterocycles. The number of nitrogens with one attached hydrogen (secondary N) is 3. The first-order chi connectivity index (χ1) is 14.7. The summed E-state index contributed by atoms with van der Waals surface area (Å²) in [6, 6.07) is 8.18. The van der Waals surface area contributed by atoms with Crippen molar-refractivity contribution >= 4 is 38.7 Å². The molecular weight excluding hydrogens is 420 g/mol. The smallest absolute Gasteiger partial charge is 0.408 e. The third kappa shape index (κ3) is 5.60. The van der Waals surface area contributed by atoms with Crippen LogP contribution in [0.25, 0.3) is 10.2 Å². The van der Waals surface area contributed by atoms with Gasteiger partial charge in [-0.05, 0) is 33.3 Å². The van der Waals surface area contributed by atoms with E-state index in [1.807, 2.05) is 44.2 Å². The second-order valence-corrected chi connectivity index (χ2v) is 8.26. The van der Waals surface area contributed by atoms with E-state index in [4.69, 9.17) is 9.15 Å². The largest absolute Gasteiger partial charge is 0.445 e. The van der Waals surface area contributed by atoms with Gasteiger partial charge in [-0.15, -0.1) is 0 Å². The number of fused-ring (bicyclic) bond motifs is 1. The standard InChI is InChI=1S/C21H24N4O5S/c1-11(2)22-20(27)25-17-12(3)15-18(31-17)24-16(30-19(15)26)13(4)23-21(28)29-10-14-8-6-5-7-9-14/h5-9,11,13H,10H2,1-4H3,(H,23,28)(H2,22,25,27). The Morgan fingerprint density at radius 2 is 1.87 bits per heavy atom. The summed E-state index contributed by atoms with van der Waals surface area (Å²) in [6.45, 7) is 7.16. The van der Waals surface area contributed by atoms with Crippen LogP contribution in [0.2, 0.25) is 0 Å². The lowest BCUT2D eigenvalue weighted by Gasteiger charge is -2.12. The highest BCUT2D eigenvalue weighted by atomic mass is 32.1. The van der Waals surface area contributed by atoms with E-state index in [2.05, 4.69) is 20.9 Å². The number of carbonyl (C=O) groups is 2. The van der Waals surface area contributed by atoms with Crippen molar-refractivity contribution in [1.82, 2.24) is 15.6 Å². The van der Waals surface area contributed by atoms with Gasteiger partial charge >= 0.3 is 17.7 Å². The number of anilines is 1. The van der Waals surface area contributed by atoms with Crippen molar-refractivity contribution < 1.29 is 18.7 Å². The van der Waals surface area contributed by atoms with Crippen LogP contribution in [-0.2, 0) is 11.3 Å². The molecular formula is C21H24N4O5S. The molecule has 3 N–H and O–H groups in total. The zero-order chi connectivity index (χ0) is 22.5. The van der Waals surface area contributed by atoms with Crippen molar-refractivity contribution in [3.05, 3.63) is 57.8 Å². The summed E-state index contributed by atoms with van der Waals surface area (Å²) < 4.78 is 10.5. The molecule has 0 saturated carbocycles. The van der Waals surface area contributed by atoms with Gasteiger partial charge in [-0.2, -0.15) is 0 Å². The Morgan fingerprint density at radius 3 is 2.55 bits per heavy atom. The van der Waals surface area contributed by atoms with Crippen molar-refractivity contribution in [2.45, 2.75) is 46.4 Å². The lowest BCUT2D eigenvalue weighted by Crippen LogP contribution is -2.34. The summed E-state index contributed by atoms with van der Waals surface area (Å²) in [5.74, 6) is 0.0496. The minimum absolute atomic E-state index is 0.0296. The second kappa shape index (κ2) is 9.61. The molecule has 1 atom stereocenters. The lowest BCUT2D eigenvalue weighted by molar-refractivity contribution is 0.134. The molecule has 0 aliphatic carbocycles. The van der Waals surface area contributed by atoms with E-state index in [0.717, 1.165) is 16.9 Å². The Balaban J connectivity index is 1.72. The Kier molecular flexibility index (Phi) is 6.91. The molecule has 31 heavy (non-hydrogen) atoms. The molecule has 3 aromatic rings. The van der Waals surface area contributed by atoms with Gasteiger partial charge in [-0.1, -0.05) is 41.7 Å². The number of nitrogens with zero attached hydrogens (tertiary/aromatic N) is 1. The number of thiophene rings is 1. The summed E-state index contributed by atoms with van der Waals surface area (Å²) in [7, 11) is 0. The van der Waals surface area contributed by atoms with Gasteiger partial charge in [0.25, 0.3) is 0 Å². The zero-order valence-electron chi connectivity index (χ0n) is 17.6. The monoisotopic (exact) mass is 444 g/mol. The normalized spacial score (nSPS) is 11.9. The van der Waals surface area contributed by atoms with Gasteiger partial charge in [-0.25, -0.2) is 19.4 Å². The first-order valence-electron chi connectivity index (χ1n) is 9.73. The van der Waals surface area contributed by atoms with Gasteiger partial charge in [-0.3, -0.25) is 5.32 Å². The maximum absolute atomic E-state index is 12.5. The van der Waals surface area contributed by atoms with E-state index in [1.54, 1.807) is 13.8 Å². The van der Waals surface area contributed by atoms with Gasteiger partial charge in [0.1, 0.15) is 27.9 Å². The molecule has 0 bridgehead atoms. The average Bonchev–Trinajstić information content (AvgIpc) is 3.02. The Labute approximate surface area is 182 Å². The van der Waals surface area contributed by atoms with Crippen LogP contribution in [0.3, 0.4) is 0 Å². The maximum Gasteiger partial charge on any atom is 0.408 e. The molecule has 9 nitrogen and oxygen atoms in total. The third-order valence-electron chi connectivity index (χ3n) is 4.31. The highest BCUT2D eigenvalue weighted by molar-refractivity contribution is 7.22. The molecule has 3 rings (SSSR count). The van der Waals surface area contributed by atoms with Gasteiger partial charge < -0.3 is 19.8 Å². The van der Waals surface area contributed by atoms with E-state index in [9.17, 15) is 14.4 Å². The van der Waals surface area contributed by atoms with Crippen LogP contribution < -0.4 is 21.6 Å². The first kappa shape index (κ1) is 22.3. The zero-order valence-corrected chi connectivity index (χ0v) is 18.5. The van der Waals surface area contributed by atoms with Crippen LogP contribution >= 0.6 is 11.3 Å². The van der Waals surface area contributed by atoms with Crippen LogP contribution in [0.4, 0.5) is 14.6 Å². The molecule has 164 valence electrons. The van der Waals surface area contributed by atoms with Crippen molar-refractivity contribution in [2.24, 2.45) is 0 Å². The van der Waals surface area contributed by atoms with Crippen molar-refractivity contribution in [3.63, 3.8) is 0 Å². The summed E-state index contributed by atoms with van der Waals surface area (Å²) >= 11 is 1.16. The Bertz CT molecular complexity index is 1140. The van der Waals surface area contributed by atoms with E-state index >= 15 is 0 Å². The minimum Gasteiger partial charge on any atom is -0.445 e. The second-order valence-electron chi connectivity index (χ2n) is 7.26. The molecule has 0 spiro atoms. The lowest BCUT2D eigenvalue weighted by atomic mass is 10.2. The van der Waals surface area contributed by atoms with Crippen LogP contribution in [0, 0.1) is 6.92 Å². The van der Waals surface area contributed by atoms with Gasteiger partial charge in [0, 0.05) is 11.6 Å². The number of amides is 3. The molecule has 0 aliphatic rings. The molecule has 3 amide bonds. The molecule has 0 aliphatic heterocycles. The van der Waals surface area contributed by atoms with E-state index in [0.29, 0.717) is 20.8 Å². The molecule has 2 aromatic heterocycles. The highest BCUT2D eigenvalue weighted by Gasteiger charge is 2.21. The maximum atomic E-state index is 12.5. The van der Waals surface area contributed by atoms with Gasteiger partial charge in [0.15, 0.2) is 0 Å². The molecule has 10 heteroatoms. The number of ether oxygens (including phenoxy) is 1. The predicted molar refractivity (Wildman–Crippen MR) is 118 cm³/mol. The Hall–Kier alpha value is -3.40. The van der Waals surface area contributed by atoms with E-state index in [1.165, 1.54) is 0 Å². The van der Waals surface area contributed by atoms with Crippen molar-refractivity contribution in [1.29, 1.82) is 0 Å². The van der Waals surface area contributed by atoms with E-state index in [-0.39, 0.29) is 24.6 Å². The number of carbonyl (C=O) groups excluding carboxylic acids is 2. The number of urea groups is 1. The fraction of sp³-hybridized carbons (Fsp3) is 0.333. The summed E-state index contributed by atoms with van der Waals surface area (Å²) in [5, 5.41) is 8.86. The Morgan fingerprint density at radius 1 is 1.16 bits per heavy atom.